The van der Waals surface area contributed by atoms with Crippen molar-refractivity contribution in [3.8, 4) is 5.75 Å². The number of alkyl halides is 3. The van der Waals surface area contributed by atoms with Crippen LogP contribution in [0.25, 0.3) is 11.2 Å². The van der Waals surface area contributed by atoms with Gasteiger partial charge < -0.3 is 15.0 Å². The van der Waals surface area contributed by atoms with E-state index in [1.807, 2.05) is 0 Å². The molecule has 0 unspecified atom stereocenters. The average molecular weight is 339 g/mol. The summed E-state index contributed by atoms with van der Waals surface area (Å²) < 4.78 is 45.4. The number of hydrogen-bond acceptors (Lipinski definition) is 5. The molecule has 0 aliphatic carbocycles. The van der Waals surface area contributed by atoms with Crippen molar-refractivity contribution in [3.05, 3.63) is 46.0 Å². The van der Waals surface area contributed by atoms with Crippen molar-refractivity contribution in [2.45, 2.75) is 12.7 Å². The Labute approximate surface area is 132 Å². The third-order valence-corrected chi connectivity index (χ3v) is 3.42. The maximum atomic E-state index is 13.1. The van der Waals surface area contributed by atoms with Gasteiger partial charge in [-0.05, 0) is 17.7 Å². The molecule has 0 amide bonds. The highest BCUT2D eigenvalue weighted by atomic mass is 19.4. The monoisotopic (exact) mass is 339 g/mol. The number of hydrogen-bond donors (Lipinski definition) is 2. The number of rotatable bonds is 3. The van der Waals surface area contributed by atoms with Crippen LogP contribution in [0, 0.1) is 0 Å². The number of fused-ring (bicyclic) bond motifs is 1. The Morgan fingerprint density at radius 3 is 2.79 bits per heavy atom. The Morgan fingerprint density at radius 1 is 1.38 bits per heavy atom. The van der Waals surface area contributed by atoms with Gasteiger partial charge in [0.05, 0.1) is 25.5 Å². The van der Waals surface area contributed by atoms with Crippen molar-refractivity contribution in [2.24, 2.45) is 0 Å². The van der Waals surface area contributed by atoms with Gasteiger partial charge in [0.15, 0.2) is 11.2 Å². The van der Waals surface area contributed by atoms with Crippen LogP contribution in [0.5, 0.6) is 5.75 Å². The number of nitrogens with two attached hydrogens (primary N) is 1. The van der Waals surface area contributed by atoms with E-state index in [4.69, 9.17) is 10.5 Å². The Kier molecular flexibility index (Phi) is 3.66. The van der Waals surface area contributed by atoms with Gasteiger partial charge in [-0.2, -0.15) is 18.2 Å². The highest BCUT2D eigenvalue weighted by Crippen LogP contribution is 2.36. The summed E-state index contributed by atoms with van der Waals surface area (Å²) in [6, 6.07) is 3.73. The number of aromatic amines is 1. The first kappa shape index (κ1) is 15.8. The number of halogens is 3. The van der Waals surface area contributed by atoms with Gasteiger partial charge in [0, 0.05) is 0 Å². The highest BCUT2D eigenvalue weighted by molar-refractivity contribution is 5.70. The zero-order chi connectivity index (χ0) is 17.5. The topological polar surface area (TPSA) is 98.8 Å². The molecule has 3 aromatic rings. The summed E-state index contributed by atoms with van der Waals surface area (Å²) in [6.07, 6.45) is -3.22. The molecular formula is C14H12F3N5O2. The first-order valence-corrected chi connectivity index (χ1v) is 6.74. The summed E-state index contributed by atoms with van der Waals surface area (Å²) in [4.78, 5) is 21.9. The van der Waals surface area contributed by atoms with Gasteiger partial charge in [-0.15, -0.1) is 0 Å². The van der Waals surface area contributed by atoms with Gasteiger partial charge >= 0.3 is 6.18 Å². The average Bonchev–Trinajstić information content (AvgIpc) is 2.89. The zero-order valence-corrected chi connectivity index (χ0v) is 12.4. The van der Waals surface area contributed by atoms with Crippen molar-refractivity contribution < 1.29 is 17.9 Å². The molecule has 3 N–H and O–H groups in total. The van der Waals surface area contributed by atoms with Gasteiger partial charge in [0.1, 0.15) is 5.75 Å². The molecule has 0 aliphatic rings. The minimum absolute atomic E-state index is 0.0411. The standard InChI is InChI=1S/C14H12F3N5O2/c1-24-9-3-2-7(4-8(9)14(15,16)17)5-22-6-19-10-11(22)20-13(18)21-12(10)23/h2-4,6H,5H2,1H3,(H3,18,20,21,23). The van der Waals surface area contributed by atoms with Crippen LogP contribution in [0.15, 0.2) is 29.3 Å². The number of benzene rings is 1. The second kappa shape index (κ2) is 5.55. The Hall–Kier alpha value is -3.04. The molecule has 0 saturated carbocycles. The normalized spacial score (nSPS) is 11.8. The molecule has 0 bridgehead atoms. The number of nitrogens with one attached hydrogen (secondary N) is 1. The van der Waals surface area contributed by atoms with Crippen LogP contribution >= 0.6 is 0 Å². The molecule has 126 valence electrons. The lowest BCUT2D eigenvalue weighted by molar-refractivity contribution is -0.138. The van der Waals surface area contributed by atoms with Crippen LogP contribution in [0.4, 0.5) is 19.1 Å². The molecule has 10 heteroatoms. The van der Waals surface area contributed by atoms with E-state index in [0.29, 0.717) is 5.56 Å². The lowest BCUT2D eigenvalue weighted by atomic mass is 10.1. The van der Waals surface area contributed by atoms with Crippen LogP contribution in [-0.4, -0.2) is 26.6 Å². The molecule has 0 spiro atoms. The zero-order valence-electron chi connectivity index (χ0n) is 12.4. The Bertz CT molecular complexity index is 961. The Balaban J connectivity index is 2.05. The van der Waals surface area contributed by atoms with Gasteiger partial charge in [-0.1, -0.05) is 6.07 Å². The van der Waals surface area contributed by atoms with E-state index in [-0.39, 0.29) is 29.4 Å². The van der Waals surface area contributed by atoms with E-state index < -0.39 is 17.3 Å². The maximum absolute atomic E-state index is 13.1. The third-order valence-electron chi connectivity index (χ3n) is 3.42. The van der Waals surface area contributed by atoms with Crippen molar-refractivity contribution in [1.82, 2.24) is 19.5 Å². The second-order valence-electron chi connectivity index (χ2n) is 5.03. The number of methoxy groups -OCH3 is 1. The van der Waals surface area contributed by atoms with Crippen LogP contribution in [0.1, 0.15) is 11.1 Å². The number of imidazole rings is 1. The summed E-state index contributed by atoms with van der Waals surface area (Å²) in [5.74, 6) is -0.361. The predicted octanol–water partition coefficient (Wildman–Crippen LogP) is 1.78. The number of aromatic nitrogens is 4. The molecule has 2 heterocycles. The molecule has 0 radical (unpaired) electrons. The number of nitrogen functional groups attached to an aromatic ring is 1. The fraction of sp³-hybridized carbons (Fsp3) is 0.214. The van der Waals surface area contributed by atoms with Crippen molar-refractivity contribution in [2.75, 3.05) is 12.8 Å². The van der Waals surface area contributed by atoms with E-state index in [2.05, 4.69) is 15.0 Å². The molecule has 0 aliphatic heterocycles. The van der Waals surface area contributed by atoms with Crippen LogP contribution in [0.3, 0.4) is 0 Å². The fourth-order valence-corrected chi connectivity index (χ4v) is 2.36. The first-order chi connectivity index (χ1) is 11.3. The summed E-state index contributed by atoms with van der Waals surface area (Å²) in [5.41, 5.74) is 4.71. The van der Waals surface area contributed by atoms with Crippen LogP contribution in [0.2, 0.25) is 0 Å². The summed E-state index contributed by atoms with van der Waals surface area (Å²) >= 11 is 0. The van der Waals surface area contributed by atoms with Gasteiger partial charge in [0.25, 0.3) is 5.56 Å². The first-order valence-electron chi connectivity index (χ1n) is 6.74. The quantitative estimate of drug-likeness (QED) is 0.758. The summed E-state index contributed by atoms with van der Waals surface area (Å²) in [7, 11) is 1.17. The smallest absolute Gasteiger partial charge is 0.419 e. The molecule has 7 nitrogen and oxygen atoms in total. The van der Waals surface area contributed by atoms with Crippen molar-refractivity contribution >= 4 is 17.1 Å². The lowest BCUT2D eigenvalue weighted by Crippen LogP contribution is -2.13. The molecule has 1 aromatic carbocycles. The van der Waals surface area contributed by atoms with E-state index in [9.17, 15) is 18.0 Å². The molecule has 0 atom stereocenters. The summed E-state index contributed by atoms with van der Waals surface area (Å²) in [5, 5.41) is 0. The minimum atomic E-state index is -4.54. The second-order valence-corrected chi connectivity index (χ2v) is 5.03. The van der Waals surface area contributed by atoms with Crippen LogP contribution < -0.4 is 16.0 Å². The molecule has 0 fully saturated rings. The molecule has 0 saturated heterocycles. The van der Waals surface area contributed by atoms with Gasteiger partial charge in [-0.3, -0.25) is 9.78 Å². The Morgan fingerprint density at radius 2 is 2.12 bits per heavy atom. The predicted molar refractivity (Wildman–Crippen MR) is 79.7 cm³/mol. The number of ether oxygens (including phenoxy) is 1. The van der Waals surface area contributed by atoms with E-state index >= 15 is 0 Å². The fourth-order valence-electron chi connectivity index (χ4n) is 2.36. The van der Waals surface area contributed by atoms with Crippen LogP contribution in [-0.2, 0) is 12.7 Å². The van der Waals surface area contributed by atoms with E-state index in [0.717, 1.165) is 6.07 Å². The molecular weight excluding hydrogens is 327 g/mol. The minimum Gasteiger partial charge on any atom is -0.496 e. The highest BCUT2D eigenvalue weighted by Gasteiger charge is 2.34. The van der Waals surface area contributed by atoms with Crippen molar-refractivity contribution in [1.29, 1.82) is 0 Å². The van der Waals surface area contributed by atoms with E-state index in [1.165, 1.54) is 30.1 Å². The van der Waals surface area contributed by atoms with Gasteiger partial charge in [-0.25, -0.2) is 4.98 Å². The van der Waals surface area contributed by atoms with Gasteiger partial charge in [0.2, 0.25) is 5.95 Å². The largest absolute Gasteiger partial charge is 0.496 e. The molecule has 24 heavy (non-hydrogen) atoms. The third kappa shape index (κ3) is 2.77. The maximum Gasteiger partial charge on any atom is 0.419 e. The SMILES string of the molecule is COc1ccc(Cn2cnc3c(=O)[nH]c(N)nc32)cc1C(F)(F)F. The molecule has 3 rings (SSSR count). The number of anilines is 1. The van der Waals surface area contributed by atoms with E-state index in [1.54, 1.807) is 0 Å². The van der Waals surface area contributed by atoms with Crippen molar-refractivity contribution in [3.63, 3.8) is 0 Å². The molecule has 2 aromatic heterocycles. The lowest BCUT2D eigenvalue weighted by Gasteiger charge is -2.13. The number of nitrogens with zero attached hydrogens (tertiary/aromatic N) is 3. The summed E-state index contributed by atoms with van der Waals surface area (Å²) in [6.45, 7) is 0.0411. The number of H-pyrrole nitrogens is 1.